The van der Waals surface area contributed by atoms with E-state index < -0.39 is 0 Å². The minimum atomic E-state index is 0.255. The summed E-state index contributed by atoms with van der Waals surface area (Å²) in [4.78, 5) is 14.4. The maximum absolute atomic E-state index is 12.3. The normalized spacial score (nSPS) is 26.3. The summed E-state index contributed by atoms with van der Waals surface area (Å²) >= 11 is 0. The van der Waals surface area contributed by atoms with Gasteiger partial charge in [-0.05, 0) is 38.6 Å². The molecule has 0 radical (unpaired) electrons. The van der Waals surface area contributed by atoms with Gasteiger partial charge >= 0.3 is 0 Å². The second-order valence-electron chi connectivity index (χ2n) is 4.81. The number of nitrogens with zero attached hydrogens (tertiary/aromatic N) is 1. The van der Waals surface area contributed by atoms with Crippen LogP contribution in [0.4, 0.5) is 0 Å². The third kappa shape index (κ3) is 2.71. The lowest BCUT2D eigenvalue weighted by Gasteiger charge is -2.29. The Kier molecular flexibility index (Phi) is 3.62. The smallest absolute Gasteiger partial charge is 0.227 e. The van der Waals surface area contributed by atoms with Gasteiger partial charge in [-0.15, -0.1) is 0 Å². The van der Waals surface area contributed by atoms with Crippen molar-refractivity contribution in [1.29, 1.82) is 0 Å². The molecule has 0 spiro atoms. The van der Waals surface area contributed by atoms with Gasteiger partial charge in [-0.25, -0.2) is 0 Å². The number of carbonyl (C=O) groups is 1. The highest BCUT2D eigenvalue weighted by atomic mass is 16.2. The first kappa shape index (κ1) is 10.9. The number of hydrogen-bond donors (Lipinski definition) is 1. The Labute approximate surface area is 92.2 Å². The van der Waals surface area contributed by atoms with Crippen molar-refractivity contribution in [1.82, 2.24) is 10.2 Å². The summed E-state index contributed by atoms with van der Waals surface area (Å²) in [5.74, 6) is 0.664. The van der Waals surface area contributed by atoms with Crippen molar-refractivity contribution in [3.63, 3.8) is 0 Å². The van der Waals surface area contributed by atoms with Gasteiger partial charge in [-0.1, -0.05) is 6.92 Å². The molecule has 0 aromatic heterocycles. The summed E-state index contributed by atoms with van der Waals surface area (Å²) in [5, 5.41) is 3.32. The number of hydrogen-bond acceptors (Lipinski definition) is 2. The maximum Gasteiger partial charge on any atom is 0.227 e. The van der Waals surface area contributed by atoms with E-state index in [-0.39, 0.29) is 5.92 Å². The van der Waals surface area contributed by atoms with Crippen molar-refractivity contribution < 1.29 is 4.79 Å². The number of amides is 1. The van der Waals surface area contributed by atoms with Crippen LogP contribution in [0.2, 0.25) is 0 Å². The molecule has 2 aliphatic rings. The molecule has 2 fully saturated rings. The van der Waals surface area contributed by atoms with Crippen LogP contribution in [-0.4, -0.2) is 36.5 Å². The summed E-state index contributed by atoms with van der Waals surface area (Å²) in [6.45, 7) is 5.09. The zero-order chi connectivity index (χ0) is 10.7. The summed E-state index contributed by atoms with van der Waals surface area (Å²) in [7, 11) is 0. The number of piperidine rings is 1. The first-order valence-electron chi connectivity index (χ1n) is 6.34. The van der Waals surface area contributed by atoms with Crippen LogP contribution < -0.4 is 5.32 Å². The molecule has 1 atom stereocenters. The minimum absolute atomic E-state index is 0.255. The van der Waals surface area contributed by atoms with E-state index in [1.54, 1.807) is 0 Å². The van der Waals surface area contributed by atoms with E-state index in [0.29, 0.717) is 11.9 Å². The summed E-state index contributed by atoms with van der Waals surface area (Å²) in [5.41, 5.74) is 0. The molecule has 3 nitrogen and oxygen atoms in total. The molecule has 15 heavy (non-hydrogen) atoms. The monoisotopic (exact) mass is 210 g/mol. The van der Waals surface area contributed by atoms with Crippen molar-refractivity contribution in [3.8, 4) is 0 Å². The fourth-order valence-corrected chi connectivity index (χ4v) is 2.40. The summed E-state index contributed by atoms with van der Waals surface area (Å²) < 4.78 is 0. The molecule has 1 saturated heterocycles. The van der Waals surface area contributed by atoms with Gasteiger partial charge in [0.25, 0.3) is 0 Å². The van der Waals surface area contributed by atoms with Crippen LogP contribution >= 0.6 is 0 Å². The lowest BCUT2D eigenvalue weighted by Crippen LogP contribution is -2.44. The topological polar surface area (TPSA) is 32.3 Å². The largest absolute Gasteiger partial charge is 0.339 e. The van der Waals surface area contributed by atoms with Crippen molar-refractivity contribution in [2.24, 2.45) is 5.92 Å². The average Bonchev–Trinajstić information content (AvgIpc) is 3.10. The van der Waals surface area contributed by atoms with Crippen LogP contribution in [0.3, 0.4) is 0 Å². The lowest BCUT2D eigenvalue weighted by atomic mass is 9.98. The Bertz CT molecular complexity index is 220. The fraction of sp³-hybridized carbons (Fsp3) is 0.917. The van der Waals surface area contributed by atoms with Crippen LogP contribution in [0.25, 0.3) is 0 Å². The SMILES string of the molecule is CCCN(C(=O)C1CCCNC1)C1CC1. The molecule has 86 valence electrons. The van der Waals surface area contributed by atoms with Gasteiger partial charge in [0.05, 0.1) is 5.92 Å². The van der Waals surface area contributed by atoms with Crippen LogP contribution in [-0.2, 0) is 4.79 Å². The zero-order valence-corrected chi connectivity index (χ0v) is 9.67. The molecular formula is C12H22N2O. The zero-order valence-electron chi connectivity index (χ0n) is 9.67. The summed E-state index contributed by atoms with van der Waals surface area (Å²) in [6.07, 6.45) is 5.78. The van der Waals surface area contributed by atoms with Crippen molar-refractivity contribution in [2.45, 2.75) is 45.1 Å². The van der Waals surface area contributed by atoms with E-state index in [2.05, 4.69) is 17.1 Å². The molecule has 1 aliphatic carbocycles. The first-order chi connectivity index (χ1) is 7.33. The van der Waals surface area contributed by atoms with Gasteiger partial charge in [-0.2, -0.15) is 0 Å². The van der Waals surface area contributed by atoms with E-state index in [1.807, 2.05) is 0 Å². The second-order valence-corrected chi connectivity index (χ2v) is 4.81. The molecule has 3 heteroatoms. The van der Waals surface area contributed by atoms with E-state index in [0.717, 1.165) is 38.9 Å². The molecule has 1 aliphatic heterocycles. The molecule has 2 rings (SSSR count). The molecule has 1 heterocycles. The van der Waals surface area contributed by atoms with Crippen molar-refractivity contribution in [2.75, 3.05) is 19.6 Å². The van der Waals surface area contributed by atoms with Gasteiger partial charge in [0.2, 0.25) is 5.91 Å². The highest BCUT2D eigenvalue weighted by molar-refractivity contribution is 5.79. The second kappa shape index (κ2) is 4.97. The Hall–Kier alpha value is -0.570. The Morgan fingerprint density at radius 1 is 1.40 bits per heavy atom. The number of rotatable bonds is 4. The third-order valence-corrected chi connectivity index (χ3v) is 3.38. The maximum atomic E-state index is 12.3. The number of carbonyl (C=O) groups excluding carboxylic acids is 1. The average molecular weight is 210 g/mol. The van der Waals surface area contributed by atoms with Gasteiger partial charge < -0.3 is 10.2 Å². The molecule has 1 saturated carbocycles. The predicted octanol–water partition coefficient (Wildman–Crippen LogP) is 1.39. The first-order valence-corrected chi connectivity index (χ1v) is 6.34. The van der Waals surface area contributed by atoms with E-state index >= 15 is 0 Å². The highest BCUT2D eigenvalue weighted by Gasteiger charge is 2.35. The molecule has 0 bridgehead atoms. The lowest BCUT2D eigenvalue weighted by molar-refractivity contribution is -0.136. The van der Waals surface area contributed by atoms with Crippen LogP contribution in [0.15, 0.2) is 0 Å². The minimum Gasteiger partial charge on any atom is -0.339 e. The Morgan fingerprint density at radius 2 is 2.20 bits per heavy atom. The van der Waals surface area contributed by atoms with Crippen molar-refractivity contribution in [3.05, 3.63) is 0 Å². The van der Waals surface area contributed by atoms with Crippen LogP contribution in [0.5, 0.6) is 0 Å². The Morgan fingerprint density at radius 3 is 2.73 bits per heavy atom. The van der Waals surface area contributed by atoms with Gasteiger partial charge in [0.15, 0.2) is 0 Å². The highest BCUT2D eigenvalue weighted by Crippen LogP contribution is 2.29. The molecular weight excluding hydrogens is 188 g/mol. The summed E-state index contributed by atoms with van der Waals surface area (Å²) in [6, 6.07) is 0.583. The molecule has 1 amide bonds. The van der Waals surface area contributed by atoms with Crippen LogP contribution in [0, 0.1) is 5.92 Å². The predicted molar refractivity (Wildman–Crippen MR) is 60.6 cm³/mol. The van der Waals surface area contributed by atoms with E-state index in [9.17, 15) is 4.79 Å². The van der Waals surface area contributed by atoms with E-state index in [4.69, 9.17) is 0 Å². The van der Waals surface area contributed by atoms with Gasteiger partial charge in [0.1, 0.15) is 0 Å². The van der Waals surface area contributed by atoms with Gasteiger partial charge in [0, 0.05) is 19.1 Å². The van der Waals surface area contributed by atoms with Crippen molar-refractivity contribution >= 4 is 5.91 Å². The molecule has 0 aromatic rings. The Balaban J connectivity index is 1.90. The number of nitrogens with one attached hydrogen (secondary N) is 1. The molecule has 1 N–H and O–H groups in total. The standard InChI is InChI=1S/C12H22N2O/c1-2-8-14(11-5-6-11)12(15)10-4-3-7-13-9-10/h10-11,13H,2-9H2,1H3. The molecule has 1 unspecified atom stereocenters. The quantitative estimate of drug-likeness (QED) is 0.760. The third-order valence-electron chi connectivity index (χ3n) is 3.38. The van der Waals surface area contributed by atoms with Crippen LogP contribution in [0.1, 0.15) is 39.0 Å². The van der Waals surface area contributed by atoms with E-state index in [1.165, 1.54) is 12.8 Å². The van der Waals surface area contributed by atoms with Gasteiger partial charge in [-0.3, -0.25) is 4.79 Å². The fourth-order valence-electron chi connectivity index (χ4n) is 2.40. The molecule has 0 aromatic carbocycles.